The molecule has 2 N–H and O–H groups in total. The molecule has 41 heavy (non-hydrogen) atoms. The van der Waals surface area contributed by atoms with Crippen molar-refractivity contribution in [2.45, 2.75) is 75.7 Å². The van der Waals surface area contributed by atoms with Crippen molar-refractivity contribution in [1.29, 1.82) is 0 Å². The maximum Gasteiger partial charge on any atom is 0.246 e. The number of carbonyl (C=O) groups excluding carboxylic acids is 2. The molecule has 8 nitrogen and oxygen atoms in total. The molecule has 1 aliphatic heterocycles. The lowest BCUT2D eigenvalue weighted by Gasteiger charge is -2.35. The number of thiazole rings is 1. The van der Waals surface area contributed by atoms with E-state index in [0.29, 0.717) is 12.3 Å². The van der Waals surface area contributed by atoms with E-state index in [0.717, 1.165) is 71.1 Å². The van der Waals surface area contributed by atoms with E-state index in [2.05, 4.69) is 40.3 Å². The van der Waals surface area contributed by atoms with Crippen LogP contribution < -0.4 is 10.6 Å². The second kappa shape index (κ2) is 14.1. The highest BCUT2D eigenvalue weighted by atomic mass is 32.2. The van der Waals surface area contributed by atoms with Crippen LogP contribution in [0, 0.1) is 5.92 Å². The Morgan fingerprint density at radius 2 is 1.93 bits per heavy atom. The Hall–Kier alpha value is -2.50. The molecule has 2 aliphatic rings. The molecule has 1 aromatic heterocycles. The van der Waals surface area contributed by atoms with Crippen molar-refractivity contribution in [3.8, 4) is 11.3 Å². The van der Waals surface area contributed by atoms with Gasteiger partial charge >= 0.3 is 0 Å². The summed E-state index contributed by atoms with van der Waals surface area (Å²) in [5, 5.41) is 11.5. The average Bonchev–Trinajstić information content (AvgIpc) is 3.69. The molecule has 3 atom stereocenters. The molecule has 220 valence electrons. The van der Waals surface area contributed by atoms with Crippen LogP contribution >= 0.6 is 23.4 Å². The van der Waals surface area contributed by atoms with Gasteiger partial charge in [0.15, 0.2) is 0 Å². The monoisotopic (exact) mass is 596 g/mol. The first-order valence-electron chi connectivity index (χ1n) is 14.6. The fourth-order valence-corrected chi connectivity index (χ4v) is 7.62. The third-order valence-electron chi connectivity index (χ3n) is 8.46. The van der Waals surface area contributed by atoms with Crippen LogP contribution in [0.1, 0.15) is 68.5 Å². The zero-order chi connectivity index (χ0) is 28.8. The van der Waals surface area contributed by atoms with Crippen LogP contribution in [0.5, 0.6) is 0 Å². The maximum atomic E-state index is 14.2. The first-order valence-corrected chi connectivity index (χ1v) is 16.4. The number of carbonyl (C=O) groups is 2. The largest absolute Gasteiger partial charge is 0.343 e. The molecular weight excluding hydrogens is 556 g/mol. The molecule has 2 fully saturated rings. The van der Waals surface area contributed by atoms with Gasteiger partial charge in [-0.05, 0) is 61.9 Å². The summed E-state index contributed by atoms with van der Waals surface area (Å²) in [5.41, 5.74) is 3.11. The molecule has 10 heteroatoms. The minimum absolute atomic E-state index is 0.0340. The van der Waals surface area contributed by atoms with E-state index in [4.69, 9.17) is 14.2 Å². The summed E-state index contributed by atoms with van der Waals surface area (Å²) in [4.78, 5) is 39.0. The molecule has 1 saturated heterocycles. The first kappa shape index (κ1) is 30.0. The van der Waals surface area contributed by atoms with Crippen LogP contribution in [0.25, 0.3) is 22.0 Å². The van der Waals surface area contributed by atoms with Gasteiger partial charge < -0.3 is 15.5 Å². The van der Waals surface area contributed by atoms with Gasteiger partial charge in [-0.15, -0.1) is 11.3 Å². The smallest absolute Gasteiger partial charge is 0.246 e. The lowest BCUT2D eigenvalue weighted by molar-refractivity contribution is -0.160. The van der Waals surface area contributed by atoms with Crippen LogP contribution in [0.2, 0.25) is 0 Å². The highest BCUT2D eigenvalue weighted by molar-refractivity contribution is 7.93. The van der Waals surface area contributed by atoms with Crippen molar-refractivity contribution < 1.29 is 18.8 Å². The van der Waals surface area contributed by atoms with E-state index >= 15 is 0 Å². The topological polar surface area (TPSA) is 92.8 Å². The van der Waals surface area contributed by atoms with E-state index in [1.54, 1.807) is 18.4 Å². The van der Waals surface area contributed by atoms with E-state index in [1.807, 2.05) is 24.0 Å². The van der Waals surface area contributed by atoms with Crippen molar-refractivity contribution in [1.82, 2.24) is 20.5 Å². The fourth-order valence-electron chi connectivity index (χ4n) is 6.15. The standard InChI is InChI=1S/C31H40N4O4S2/c1-20(32-2)29(36)34-28(22-11-5-4-6-12-22)31(37)35-17-9-14-26(35)30-33-25(19-40-30)27-23(18-41-39-38-3)16-15-21-10-7-8-13-24(21)27/h7-8,10,13,15-16,19-20,22,26,28,32H,4-6,9,11-12,14,17-18H2,1-3H3,(H,34,36)/t20-,26-,28-/m0/s1. The van der Waals surface area contributed by atoms with E-state index < -0.39 is 6.04 Å². The third-order valence-corrected chi connectivity index (χ3v) is 10.1. The van der Waals surface area contributed by atoms with E-state index in [1.165, 1.54) is 25.6 Å². The minimum Gasteiger partial charge on any atom is -0.343 e. The summed E-state index contributed by atoms with van der Waals surface area (Å²) in [6, 6.07) is 11.6. The Labute approximate surface area is 250 Å². The number of rotatable bonds is 11. The number of hydrogen-bond acceptors (Lipinski definition) is 8. The van der Waals surface area contributed by atoms with Crippen LogP contribution in [0.15, 0.2) is 41.8 Å². The zero-order valence-electron chi connectivity index (χ0n) is 24.1. The van der Waals surface area contributed by atoms with Crippen molar-refractivity contribution in [3.63, 3.8) is 0 Å². The van der Waals surface area contributed by atoms with Gasteiger partial charge in [0, 0.05) is 35.3 Å². The number of amides is 2. The maximum absolute atomic E-state index is 14.2. The number of nitrogens with one attached hydrogen (secondary N) is 2. The number of fused-ring (bicyclic) bond motifs is 1. The quantitative estimate of drug-likeness (QED) is 0.121. The Bertz CT molecular complexity index is 1340. The zero-order valence-corrected chi connectivity index (χ0v) is 25.7. The van der Waals surface area contributed by atoms with Crippen LogP contribution in [0.3, 0.4) is 0 Å². The summed E-state index contributed by atoms with van der Waals surface area (Å²) in [7, 11) is 3.27. The van der Waals surface area contributed by atoms with Crippen molar-refractivity contribution in [2.24, 2.45) is 5.92 Å². The number of aromatic nitrogens is 1. The SMILES string of the molecule is CN[C@@H](C)C(=O)N[C@H](C(=O)N1CCC[C@H]1c1nc(-c2c(CSOOC)ccc3ccccc23)cs1)C1CCCCC1. The summed E-state index contributed by atoms with van der Waals surface area (Å²) < 4.78 is 5.11. The number of nitrogens with zero attached hydrogens (tertiary/aromatic N) is 2. The van der Waals surface area contributed by atoms with Gasteiger partial charge in [0.2, 0.25) is 11.8 Å². The summed E-state index contributed by atoms with van der Waals surface area (Å²) in [6.07, 6.45) is 7.14. The number of likely N-dealkylation sites (tertiary alicyclic amines) is 1. The molecule has 3 aromatic rings. The molecule has 1 saturated carbocycles. The first-order chi connectivity index (χ1) is 20.0. The predicted molar refractivity (Wildman–Crippen MR) is 165 cm³/mol. The van der Waals surface area contributed by atoms with Gasteiger partial charge in [-0.3, -0.25) is 9.59 Å². The number of benzene rings is 2. The Kier molecular flexibility index (Phi) is 10.3. The van der Waals surface area contributed by atoms with Crippen LogP contribution in [-0.4, -0.2) is 54.5 Å². The van der Waals surface area contributed by atoms with Gasteiger partial charge in [0.25, 0.3) is 0 Å². The van der Waals surface area contributed by atoms with Crippen LogP contribution in [0.4, 0.5) is 0 Å². The van der Waals surface area contributed by atoms with Gasteiger partial charge in [-0.25, -0.2) is 9.87 Å². The predicted octanol–water partition coefficient (Wildman–Crippen LogP) is 6.03. The summed E-state index contributed by atoms with van der Waals surface area (Å²) in [6.45, 7) is 2.51. The lowest BCUT2D eigenvalue weighted by atomic mass is 9.83. The highest BCUT2D eigenvalue weighted by Gasteiger charge is 2.40. The fraction of sp³-hybridized carbons (Fsp3) is 0.516. The second-order valence-electron chi connectivity index (χ2n) is 11.0. The third kappa shape index (κ3) is 6.78. The van der Waals surface area contributed by atoms with Gasteiger partial charge in [-0.2, -0.15) is 4.33 Å². The van der Waals surface area contributed by atoms with Gasteiger partial charge in [-0.1, -0.05) is 55.7 Å². The molecule has 1 aliphatic carbocycles. The van der Waals surface area contributed by atoms with Crippen molar-refractivity contribution in [3.05, 3.63) is 52.3 Å². The minimum atomic E-state index is -0.499. The van der Waals surface area contributed by atoms with E-state index in [9.17, 15) is 9.59 Å². The van der Waals surface area contributed by atoms with E-state index in [-0.39, 0.29) is 29.8 Å². The normalized spacial score (nSPS) is 19.4. The van der Waals surface area contributed by atoms with Gasteiger partial charge in [0.05, 0.1) is 24.9 Å². The molecule has 0 radical (unpaired) electrons. The second-order valence-corrected chi connectivity index (χ2v) is 12.5. The molecular formula is C31H40N4O4S2. The van der Waals surface area contributed by atoms with Crippen molar-refractivity contribution >= 4 is 46.0 Å². The van der Waals surface area contributed by atoms with Crippen molar-refractivity contribution in [2.75, 3.05) is 20.7 Å². The van der Waals surface area contributed by atoms with Crippen LogP contribution in [-0.2, 0) is 24.6 Å². The molecule has 2 aromatic carbocycles. The molecule has 0 unspecified atom stereocenters. The molecule has 0 spiro atoms. The average molecular weight is 597 g/mol. The Morgan fingerprint density at radius 3 is 2.71 bits per heavy atom. The molecule has 5 rings (SSSR count). The molecule has 2 amide bonds. The van der Waals surface area contributed by atoms with Gasteiger partial charge in [0.1, 0.15) is 11.0 Å². The Morgan fingerprint density at radius 1 is 1.12 bits per heavy atom. The molecule has 0 bridgehead atoms. The summed E-state index contributed by atoms with van der Waals surface area (Å²) >= 11 is 2.86. The summed E-state index contributed by atoms with van der Waals surface area (Å²) in [5.74, 6) is 0.694. The Balaban J connectivity index is 1.43. The lowest BCUT2D eigenvalue weighted by Crippen LogP contribution is -2.55. The number of hydrogen-bond donors (Lipinski definition) is 2. The molecule has 2 heterocycles. The number of likely N-dealkylation sites (N-methyl/N-ethyl adjacent to an activating group) is 1. The highest BCUT2D eigenvalue weighted by Crippen LogP contribution is 2.40.